The quantitative estimate of drug-likeness (QED) is 0.914. The summed E-state index contributed by atoms with van der Waals surface area (Å²) in [6.45, 7) is 0. The van der Waals surface area contributed by atoms with Gasteiger partial charge in [0, 0.05) is 4.47 Å². The molecule has 0 spiro atoms. The van der Waals surface area contributed by atoms with E-state index in [-0.39, 0.29) is 15.4 Å². The first-order valence-corrected chi connectivity index (χ1v) is 7.63. The summed E-state index contributed by atoms with van der Waals surface area (Å²) < 4.78 is 38.3. The smallest absolute Gasteiger partial charge is 0.337 e. The number of benzene rings is 2. The van der Waals surface area contributed by atoms with Gasteiger partial charge in [0.15, 0.2) is 0 Å². The van der Waals surface area contributed by atoms with Gasteiger partial charge >= 0.3 is 5.97 Å². The third-order valence-electron chi connectivity index (χ3n) is 2.57. The summed E-state index contributed by atoms with van der Waals surface area (Å²) in [6.07, 6.45) is 0. The molecule has 0 bridgehead atoms. The summed E-state index contributed by atoms with van der Waals surface area (Å²) in [7, 11) is -4.10. The maximum Gasteiger partial charge on any atom is 0.337 e. The summed E-state index contributed by atoms with van der Waals surface area (Å²) in [6, 6.07) is 8.20. The van der Waals surface area contributed by atoms with Crippen LogP contribution < -0.4 is 0 Å². The predicted octanol–water partition coefficient (Wildman–Crippen LogP) is 3.12. The van der Waals surface area contributed by atoms with Gasteiger partial charge in [-0.05, 0) is 36.4 Å². The first-order chi connectivity index (χ1) is 9.32. The topological polar surface area (TPSA) is 71.4 Å². The minimum atomic E-state index is -4.10. The van der Waals surface area contributed by atoms with Crippen molar-refractivity contribution in [2.75, 3.05) is 0 Å². The normalized spacial score (nSPS) is 11.3. The fourth-order valence-corrected chi connectivity index (χ4v) is 3.49. The molecule has 0 atom stereocenters. The zero-order chi connectivity index (χ0) is 14.9. The number of sulfone groups is 1. The molecule has 0 unspecified atom stereocenters. The Hall–Kier alpha value is -1.73. The summed E-state index contributed by atoms with van der Waals surface area (Å²) in [5, 5.41) is 9.10. The van der Waals surface area contributed by atoms with Crippen molar-refractivity contribution in [1.82, 2.24) is 0 Å². The highest BCUT2D eigenvalue weighted by Crippen LogP contribution is 2.27. The van der Waals surface area contributed by atoms with Gasteiger partial charge in [-0.1, -0.05) is 22.0 Å². The Kier molecular flexibility index (Phi) is 3.92. The third-order valence-corrected chi connectivity index (χ3v) is 4.87. The molecule has 4 nitrogen and oxygen atoms in total. The SMILES string of the molecule is O=C(O)c1cc(Br)ccc1S(=O)(=O)c1cccc(F)c1. The van der Waals surface area contributed by atoms with Crippen molar-refractivity contribution < 1.29 is 22.7 Å². The molecule has 0 amide bonds. The van der Waals surface area contributed by atoms with E-state index in [0.717, 1.165) is 12.1 Å². The average Bonchev–Trinajstić information content (AvgIpc) is 2.38. The highest BCUT2D eigenvalue weighted by Gasteiger charge is 2.24. The lowest BCUT2D eigenvalue weighted by Crippen LogP contribution is -2.09. The predicted molar refractivity (Wildman–Crippen MR) is 73.0 cm³/mol. The summed E-state index contributed by atoms with van der Waals surface area (Å²) >= 11 is 3.08. The van der Waals surface area contributed by atoms with Crippen LogP contribution in [0.1, 0.15) is 10.4 Å². The van der Waals surface area contributed by atoms with Gasteiger partial charge in [0.2, 0.25) is 9.84 Å². The summed E-state index contributed by atoms with van der Waals surface area (Å²) in [4.78, 5) is 10.5. The second-order valence-electron chi connectivity index (χ2n) is 3.91. The lowest BCUT2D eigenvalue weighted by atomic mass is 10.2. The standard InChI is InChI=1S/C13H8BrFO4S/c14-8-4-5-12(11(6-8)13(16)17)20(18,19)10-3-1-2-9(15)7-10/h1-7H,(H,16,17). The highest BCUT2D eigenvalue weighted by atomic mass is 79.9. The molecule has 0 aliphatic carbocycles. The van der Waals surface area contributed by atoms with Crippen LogP contribution in [-0.4, -0.2) is 19.5 Å². The van der Waals surface area contributed by atoms with Crippen molar-refractivity contribution in [3.8, 4) is 0 Å². The van der Waals surface area contributed by atoms with Gasteiger partial charge in [-0.3, -0.25) is 0 Å². The molecule has 0 aliphatic heterocycles. The number of carbonyl (C=O) groups is 1. The van der Waals surface area contributed by atoms with E-state index < -0.39 is 21.6 Å². The molecular formula is C13H8BrFO4S. The van der Waals surface area contributed by atoms with Crippen LogP contribution in [-0.2, 0) is 9.84 Å². The van der Waals surface area contributed by atoms with E-state index in [0.29, 0.717) is 4.47 Å². The summed E-state index contributed by atoms with van der Waals surface area (Å²) in [5.74, 6) is -2.08. The van der Waals surface area contributed by atoms with E-state index in [2.05, 4.69) is 15.9 Å². The molecule has 0 aliphatic rings. The van der Waals surface area contributed by atoms with E-state index in [1.807, 2.05) is 0 Å². The van der Waals surface area contributed by atoms with Crippen molar-refractivity contribution in [3.05, 3.63) is 58.3 Å². The second-order valence-corrected chi connectivity index (χ2v) is 6.74. The second kappa shape index (κ2) is 5.34. The Balaban J connectivity index is 2.70. The van der Waals surface area contributed by atoms with E-state index >= 15 is 0 Å². The van der Waals surface area contributed by atoms with E-state index in [1.54, 1.807) is 0 Å². The molecule has 20 heavy (non-hydrogen) atoms. The molecule has 104 valence electrons. The van der Waals surface area contributed by atoms with Crippen molar-refractivity contribution in [1.29, 1.82) is 0 Å². The molecule has 2 aromatic carbocycles. The van der Waals surface area contributed by atoms with Crippen LogP contribution >= 0.6 is 15.9 Å². The lowest BCUT2D eigenvalue weighted by molar-refractivity contribution is 0.0692. The average molecular weight is 359 g/mol. The first kappa shape index (κ1) is 14.7. The van der Waals surface area contributed by atoms with Gasteiger partial charge < -0.3 is 5.11 Å². The molecule has 0 fully saturated rings. The number of carboxylic acid groups (broad SMARTS) is 1. The van der Waals surface area contributed by atoms with Crippen molar-refractivity contribution in [3.63, 3.8) is 0 Å². The Morgan fingerprint density at radius 3 is 2.45 bits per heavy atom. The van der Waals surface area contributed by atoms with Gasteiger partial charge in [0.05, 0.1) is 15.4 Å². The van der Waals surface area contributed by atoms with Crippen LogP contribution in [0.25, 0.3) is 0 Å². The van der Waals surface area contributed by atoms with Crippen LogP contribution in [0.4, 0.5) is 4.39 Å². The minimum absolute atomic E-state index is 0.290. The Labute approximate surface area is 122 Å². The number of hydrogen-bond donors (Lipinski definition) is 1. The lowest BCUT2D eigenvalue weighted by Gasteiger charge is -2.08. The summed E-state index contributed by atoms with van der Waals surface area (Å²) in [5.41, 5.74) is -0.372. The maximum atomic E-state index is 13.1. The van der Waals surface area contributed by atoms with Crippen LogP contribution in [0.2, 0.25) is 0 Å². The molecule has 0 saturated heterocycles. The molecule has 2 aromatic rings. The van der Waals surface area contributed by atoms with Gasteiger partial charge in [-0.15, -0.1) is 0 Å². The van der Waals surface area contributed by atoms with Crippen molar-refractivity contribution in [2.24, 2.45) is 0 Å². The molecule has 0 heterocycles. The van der Waals surface area contributed by atoms with Crippen molar-refractivity contribution in [2.45, 2.75) is 9.79 Å². The Morgan fingerprint density at radius 2 is 1.85 bits per heavy atom. The minimum Gasteiger partial charge on any atom is -0.478 e. The fourth-order valence-electron chi connectivity index (χ4n) is 1.66. The monoisotopic (exact) mass is 358 g/mol. The largest absolute Gasteiger partial charge is 0.478 e. The molecule has 0 saturated carbocycles. The zero-order valence-electron chi connectivity index (χ0n) is 9.88. The van der Waals surface area contributed by atoms with E-state index in [4.69, 9.17) is 5.11 Å². The zero-order valence-corrected chi connectivity index (χ0v) is 12.3. The fraction of sp³-hybridized carbons (Fsp3) is 0. The molecule has 0 radical (unpaired) electrons. The van der Waals surface area contributed by atoms with Gasteiger partial charge in [0.25, 0.3) is 0 Å². The number of rotatable bonds is 3. The molecule has 7 heteroatoms. The molecular weight excluding hydrogens is 351 g/mol. The Morgan fingerprint density at radius 1 is 1.15 bits per heavy atom. The number of halogens is 2. The first-order valence-electron chi connectivity index (χ1n) is 5.36. The van der Waals surface area contributed by atoms with Crippen molar-refractivity contribution >= 4 is 31.7 Å². The number of carboxylic acids is 1. The van der Waals surface area contributed by atoms with E-state index in [9.17, 15) is 17.6 Å². The molecule has 1 N–H and O–H groups in total. The van der Waals surface area contributed by atoms with Gasteiger partial charge in [0.1, 0.15) is 5.82 Å². The third kappa shape index (κ3) is 2.73. The number of aromatic carboxylic acids is 1. The Bertz CT molecular complexity index is 787. The highest BCUT2D eigenvalue weighted by molar-refractivity contribution is 9.10. The van der Waals surface area contributed by atoms with Gasteiger partial charge in [-0.2, -0.15) is 0 Å². The number of hydrogen-bond acceptors (Lipinski definition) is 3. The van der Waals surface area contributed by atoms with Crippen LogP contribution in [0, 0.1) is 5.82 Å². The van der Waals surface area contributed by atoms with Gasteiger partial charge in [-0.25, -0.2) is 17.6 Å². The molecule has 0 aromatic heterocycles. The van der Waals surface area contributed by atoms with Crippen LogP contribution in [0.5, 0.6) is 0 Å². The maximum absolute atomic E-state index is 13.1. The van der Waals surface area contributed by atoms with E-state index in [1.165, 1.54) is 30.3 Å². The van der Waals surface area contributed by atoms with Crippen LogP contribution in [0.15, 0.2) is 56.7 Å². The molecule has 2 rings (SSSR count). The van der Waals surface area contributed by atoms with Crippen LogP contribution in [0.3, 0.4) is 0 Å².